The predicted molar refractivity (Wildman–Crippen MR) is 111 cm³/mol. The lowest BCUT2D eigenvalue weighted by Gasteiger charge is -2.37. The van der Waals surface area contributed by atoms with E-state index in [1.807, 2.05) is 36.1 Å². The molecule has 0 radical (unpaired) electrons. The molecule has 0 aromatic heterocycles. The number of hydrogen-bond donors (Lipinski definition) is 2. The van der Waals surface area contributed by atoms with Crippen molar-refractivity contribution in [2.45, 2.75) is 45.6 Å². The Morgan fingerprint density at radius 1 is 1.26 bits per heavy atom. The van der Waals surface area contributed by atoms with Crippen LogP contribution in [0.3, 0.4) is 0 Å². The highest BCUT2D eigenvalue weighted by Crippen LogP contribution is 2.23. The third-order valence-corrected chi connectivity index (χ3v) is 5.04. The Morgan fingerprint density at radius 2 is 1.89 bits per heavy atom. The number of para-hydroxylation sites is 1. The lowest BCUT2D eigenvalue weighted by molar-refractivity contribution is -0.139. The number of likely N-dealkylation sites (tertiary alicyclic amines) is 1. The van der Waals surface area contributed by atoms with Crippen LogP contribution in [0, 0.1) is 0 Å². The number of nitrogens with one attached hydrogen (secondary N) is 1. The number of aliphatic carboxylic acids is 1. The van der Waals surface area contributed by atoms with Crippen LogP contribution in [0.4, 0.5) is 5.69 Å². The van der Waals surface area contributed by atoms with E-state index in [1.54, 1.807) is 0 Å². The van der Waals surface area contributed by atoms with Gasteiger partial charge in [-0.2, -0.15) is 0 Å². The van der Waals surface area contributed by atoms with Crippen molar-refractivity contribution in [3.05, 3.63) is 29.8 Å². The number of carboxylic acid groups (broad SMARTS) is 1. The number of carbonyl (C=O) groups is 2. The lowest BCUT2D eigenvalue weighted by atomic mass is 10.0. The molecule has 7 heteroatoms. The van der Waals surface area contributed by atoms with Crippen LogP contribution in [-0.4, -0.2) is 65.5 Å². The van der Waals surface area contributed by atoms with Crippen LogP contribution < -0.4 is 5.32 Å². The van der Waals surface area contributed by atoms with E-state index in [4.69, 9.17) is 5.11 Å². The Bertz CT molecular complexity index is 616. The van der Waals surface area contributed by atoms with Crippen LogP contribution in [0.5, 0.6) is 0 Å². The first-order chi connectivity index (χ1) is 12.4. The van der Waals surface area contributed by atoms with E-state index in [1.165, 1.54) is 0 Å². The fourth-order valence-corrected chi connectivity index (χ4v) is 3.62. The average molecular weight is 398 g/mol. The second-order valence-corrected chi connectivity index (χ2v) is 7.25. The zero-order valence-corrected chi connectivity index (χ0v) is 17.3. The highest BCUT2D eigenvalue weighted by molar-refractivity contribution is 5.93. The van der Waals surface area contributed by atoms with Gasteiger partial charge >= 0.3 is 5.97 Å². The van der Waals surface area contributed by atoms with Gasteiger partial charge in [-0.15, -0.1) is 12.4 Å². The van der Waals surface area contributed by atoms with E-state index in [0.29, 0.717) is 12.5 Å². The molecule has 0 aliphatic carbocycles. The molecule has 1 amide bonds. The summed E-state index contributed by atoms with van der Waals surface area (Å²) in [6.45, 7) is 9.08. The standard InChI is InChI=1S/C20H31N3O3.ClH/c1-4-23(14-20(25)26)16-9-11-22(12-10-16)13-19(24)21-18-8-6-5-7-17(18)15(2)3;/h5-8,15-16H,4,9-14H2,1-3H3,(H,21,24)(H,25,26);1H. The highest BCUT2D eigenvalue weighted by Gasteiger charge is 2.26. The van der Waals surface area contributed by atoms with Gasteiger partial charge in [-0.1, -0.05) is 39.0 Å². The van der Waals surface area contributed by atoms with Gasteiger partial charge in [0.15, 0.2) is 0 Å². The van der Waals surface area contributed by atoms with Gasteiger partial charge in [-0.05, 0) is 36.9 Å². The van der Waals surface area contributed by atoms with Gasteiger partial charge in [0.1, 0.15) is 0 Å². The lowest BCUT2D eigenvalue weighted by Crippen LogP contribution is -2.48. The number of hydrogen-bond acceptors (Lipinski definition) is 4. The number of likely N-dealkylation sites (N-methyl/N-ethyl adjacent to an activating group) is 1. The zero-order chi connectivity index (χ0) is 19.1. The number of piperidine rings is 1. The zero-order valence-electron chi connectivity index (χ0n) is 16.5. The van der Waals surface area contributed by atoms with Crippen LogP contribution in [-0.2, 0) is 9.59 Å². The Balaban J connectivity index is 0.00000364. The maximum absolute atomic E-state index is 12.4. The van der Waals surface area contributed by atoms with E-state index >= 15 is 0 Å². The molecule has 152 valence electrons. The summed E-state index contributed by atoms with van der Waals surface area (Å²) in [5.74, 6) is -0.414. The molecule has 1 aliphatic heterocycles. The normalized spacial score (nSPS) is 15.6. The Labute approximate surface area is 168 Å². The SMILES string of the molecule is CCN(CC(=O)O)C1CCN(CC(=O)Nc2ccccc2C(C)C)CC1.Cl. The molecule has 2 N–H and O–H groups in total. The van der Waals surface area contributed by atoms with Gasteiger partial charge in [-0.25, -0.2) is 0 Å². The van der Waals surface area contributed by atoms with Crippen molar-refractivity contribution in [3.8, 4) is 0 Å². The molecule has 1 aromatic carbocycles. The minimum Gasteiger partial charge on any atom is -0.480 e. The first-order valence-corrected chi connectivity index (χ1v) is 9.47. The molecule has 27 heavy (non-hydrogen) atoms. The molecule has 0 atom stereocenters. The molecular formula is C20H32ClN3O3. The molecule has 0 unspecified atom stereocenters. The number of carboxylic acids is 1. The van der Waals surface area contributed by atoms with Crippen LogP contribution in [0.2, 0.25) is 0 Å². The number of benzene rings is 1. The van der Waals surface area contributed by atoms with Gasteiger partial charge in [0.25, 0.3) is 0 Å². The number of halogens is 1. The number of rotatable bonds is 8. The van der Waals surface area contributed by atoms with Gasteiger partial charge in [0.05, 0.1) is 13.1 Å². The third-order valence-electron chi connectivity index (χ3n) is 5.04. The maximum Gasteiger partial charge on any atom is 0.317 e. The van der Waals surface area contributed by atoms with E-state index in [2.05, 4.69) is 24.1 Å². The van der Waals surface area contributed by atoms with Crippen molar-refractivity contribution in [2.75, 3.05) is 38.0 Å². The molecule has 0 bridgehead atoms. The Kier molecular flexibility index (Phi) is 9.77. The Hall–Kier alpha value is -1.63. The van der Waals surface area contributed by atoms with Crippen LogP contribution in [0.15, 0.2) is 24.3 Å². The number of nitrogens with zero attached hydrogens (tertiary/aromatic N) is 2. The van der Waals surface area contributed by atoms with Crippen molar-refractivity contribution in [3.63, 3.8) is 0 Å². The molecular weight excluding hydrogens is 366 g/mol. The second kappa shape index (κ2) is 11.3. The predicted octanol–water partition coefficient (Wildman–Crippen LogP) is 3.04. The third kappa shape index (κ3) is 7.13. The van der Waals surface area contributed by atoms with Crippen LogP contribution in [0.25, 0.3) is 0 Å². The van der Waals surface area contributed by atoms with Gasteiger partial charge < -0.3 is 10.4 Å². The number of amides is 1. The fraction of sp³-hybridized carbons (Fsp3) is 0.600. The fourth-order valence-electron chi connectivity index (χ4n) is 3.62. The van der Waals surface area contributed by atoms with Crippen molar-refractivity contribution in [1.82, 2.24) is 9.80 Å². The van der Waals surface area contributed by atoms with E-state index in [0.717, 1.165) is 43.7 Å². The average Bonchev–Trinajstić information content (AvgIpc) is 2.60. The molecule has 1 aliphatic rings. The first kappa shape index (κ1) is 23.4. The van der Waals surface area contributed by atoms with E-state index < -0.39 is 5.97 Å². The van der Waals surface area contributed by atoms with Crippen molar-refractivity contribution >= 4 is 30.0 Å². The second-order valence-electron chi connectivity index (χ2n) is 7.25. The summed E-state index contributed by atoms with van der Waals surface area (Å²) in [6.07, 6.45) is 1.80. The molecule has 0 saturated carbocycles. The first-order valence-electron chi connectivity index (χ1n) is 9.47. The molecule has 1 aromatic rings. The summed E-state index contributed by atoms with van der Waals surface area (Å²) in [5, 5.41) is 12.1. The summed E-state index contributed by atoms with van der Waals surface area (Å²) in [5.41, 5.74) is 2.04. The van der Waals surface area contributed by atoms with Crippen LogP contribution in [0.1, 0.15) is 45.1 Å². The van der Waals surface area contributed by atoms with Crippen molar-refractivity contribution < 1.29 is 14.7 Å². The molecule has 0 spiro atoms. The summed E-state index contributed by atoms with van der Waals surface area (Å²) >= 11 is 0. The smallest absolute Gasteiger partial charge is 0.317 e. The minimum absolute atomic E-state index is 0. The molecule has 2 rings (SSSR count). The summed E-state index contributed by atoms with van der Waals surface area (Å²) in [7, 11) is 0. The van der Waals surface area contributed by atoms with Gasteiger partial charge in [0.2, 0.25) is 5.91 Å². The monoisotopic (exact) mass is 397 g/mol. The maximum atomic E-state index is 12.4. The molecule has 6 nitrogen and oxygen atoms in total. The van der Waals surface area contributed by atoms with Crippen molar-refractivity contribution in [2.24, 2.45) is 0 Å². The number of carbonyl (C=O) groups excluding carboxylic acids is 1. The topological polar surface area (TPSA) is 72.9 Å². The molecule has 1 heterocycles. The summed E-state index contributed by atoms with van der Waals surface area (Å²) in [4.78, 5) is 27.6. The van der Waals surface area contributed by atoms with Crippen LogP contribution >= 0.6 is 12.4 Å². The largest absolute Gasteiger partial charge is 0.480 e. The number of anilines is 1. The van der Waals surface area contributed by atoms with Gasteiger partial charge in [-0.3, -0.25) is 19.4 Å². The van der Waals surface area contributed by atoms with E-state index in [9.17, 15) is 9.59 Å². The van der Waals surface area contributed by atoms with Crippen molar-refractivity contribution in [1.29, 1.82) is 0 Å². The molecule has 1 fully saturated rings. The van der Waals surface area contributed by atoms with Gasteiger partial charge in [0, 0.05) is 24.8 Å². The summed E-state index contributed by atoms with van der Waals surface area (Å²) in [6, 6.07) is 8.22. The minimum atomic E-state index is -0.780. The molecule has 1 saturated heterocycles. The van der Waals surface area contributed by atoms with E-state index in [-0.39, 0.29) is 30.9 Å². The summed E-state index contributed by atoms with van der Waals surface area (Å²) < 4.78 is 0. The highest BCUT2D eigenvalue weighted by atomic mass is 35.5. The Morgan fingerprint density at radius 3 is 2.44 bits per heavy atom. The quantitative estimate of drug-likeness (QED) is 0.705.